The van der Waals surface area contributed by atoms with Crippen LogP contribution in [-0.2, 0) is 5.41 Å². The number of hydrogen-bond acceptors (Lipinski definition) is 4. The third kappa shape index (κ3) is 2.95. The highest BCUT2D eigenvalue weighted by Gasteiger charge is 2.49. The van der Waals surface area contributed by atoms with Crippen molar-refractivity contribution in [2.75, 3.05) is 0 Å². The summed E-state index contributed by atoms with van der Waals surface area (Å²) in [6, 6.07) is 35.1. The maximum Gasteiger partial charge on any atom is 0.182 e. The standard InChI is InChI=1S/C31H19ClN4/c32-22-15-16-24-23-13-7-8-14-25(23)31(26(24)19-22,21-11-5-2-6-12-21)30-35-27(20-9-3-1-4-10-20)28-29(36-30)34-18-17-33-28/h1-19H. The van der Waals surface area contributed by atoms with Crippen LogP contribution in [0.1, 0.15) is 22.5 Å². The summed E-state index contributed by atoms with van der Waals surface area (Å²) in [4.78, 5) is 19.6. The van der Waals surface area contributed by atoms with E-state index in [-0.39, 0.29) is 0 Å². The lowest BCUT2D eigenvalue weighted by atomic mass is 9.71. The minimum absolute atomic E-state index is 0.560. The zero-order valence-electron chi connectivity index (χ0n) is 19.1. The van der Waals surface area contributed by atoms with E-state index in [9.17, 15) is 0 Å². The van der Waals surface area contributed by atoms with Crippen LogP contribution in [0.3, 0.4) is 0 Å². The number of hydrogen-bond donors (Lipinski definition) is 0. The van der Waals surface area contributed by atoms with Gasteiger partial charge in [0, 0.05) is 23.0 Å². The minimum Gasteiger partial charge on any atom is -0.249 e. The fraction of sp³-hybridized carbons (Fsp3) is 0.0323. The molecule has 2 heterocycles. The van der Waals surface area contributed by atoms with E-state index >= 15 is 0 Å². The molecule has 0 fully saturated rings. The van der Waals surface area contributed by atoms with Crippen molar-refractivity contribution in [1.82, 2.24) is 19.9 Å². The maximum absolute atomic E-state index is 6.63. The van der Waals surface area contributed by atoms with Gasteiger partial charge in [-0.3, -0.25) is 0 Å². The molecule has 0 saturated heterocycles. The van der Waals surface area contributed by atoms with Gasteiger partial charge in [0.15, 0.2) is 11.5 Å². The van der Waals surface area contributed by atoms with Gasteiger partial charge in [0.2, 0.25) is 0 Å². The summed E-state index contributed by atoms with van der Waals surface area (Å²) in [5, 5.41) is 0.672. The normalized spacial score (nSPS) is 16.0. The Bertz CT molecular complexity index is 1750. The van der Waals surface area contributed by atoms with Gasteiger partial charge in [-0.1, -0.05) is 103 Å². The molecule has 0 spiro atoms. The summed E-state index contributed by atoms with van der Waals surface area (Å²) >= 11 is 6.63. The smallest absolute Gasteiger partial charge is 0.182 e. The largest absolute Gasteiger partial charge is 0.249 e. The summed E-state index contributed by atoms with van der Waals surface area (Å²) in [6.07, 6.45) is 3.36. The highest BCUT2D eigenvalue weighted by Crippen LogP contribution is 2.55. The number of rotatable bonds is 3. The number of aromatic nitrogens is 4. The fourth-order valence-corrected chi connectivity index (χ4v) is 5.62. The van der Waals surface area contributed by atoms with Crippen LogP contribution in [0.4, 0.5) is 0 Å². The first-order chi connectivity index (χ1) is 17.8. The molecule has 7 rings (SSSR count). The lowest BCUT2D eigenvalue weighted by molar-refractivity contribution is 0.702. The van der Waals surface area contributed by atoms with Crippen molar-refractivity contribution < 1.29 is 0 Å². The van der Waals surface area contributed by atoms with Gasteiger partial charge in [-0.05, 0) is 39.9 Å². The minimum atomic E-state index is -0.771. The molecule has 170 valence electrons. The van der Waals surface area contributed by atoms with Crippen molar-refractivity contribution >= 4 is 22.8 Å². The molecule has 36 heavy (non-hydrogen) atoms. The van der Waals surface area contributed by atoms with Crippen molar-refractivity contribution in [3.8, 4) is 22.4 Å². The summed E-state index contributed by atoms with van der Waals surface area (Å²) in [7, 11) is 0. The Morgan fingerprint density at radius 1 is 0.611 bits per heavy atom. The van der Waals surface area contributed by atoms with Gasteiger partial charge in [-0.2, -0.15) is 0 Å². The van der Waals surface area contributed by atoms with Crippen LogP contribution in [-0.4, -0.2) is 19.9 Å². The summed E-state index contributed by atoms with van der Waals surface area (Å²) in [5.74, 6) is 0.647. The average molecular weight is 483 g/mol. The molecular formula is C31H19ClN4. The quantitative estimate of drug-likeness (QED) is 0.269. The van der Waals surface area contributed by atoms with E-state index in [1.807, 2.05) is 42.5 Å². The van der Waals surface area contributed by atoms with Crippen molar-refractivity contribution in [2.45, 2.75) is 5.41 Å². The van der Waals surface area contributed by atoms with Gasteiger partial charge in [0.05, 0.1) is 0 Å². The van der Waals surface area contributed by atoms with Crippen molar-refractivity contribution in [3.05, 3.63) is 143 Å². The predicted octanol–water partition coefficient (Wildman–Crippen LogP) is 7.10. The van der Waals surface area contributed by atoms with Crippen LogP contribution in [0.15, 0.2) is 116 Å². The molecule has 0 N–H and O–H groups in total. The van der Waals surface area contributed by atoms with E-state index in [0.717, 1.165) is 39.1 Å². The highest BCUT2D eigenvalue weighted by molar-refractivity contribution is 6.30. The Morgan fingerprint density at radius 2 is 1.31 bits per heavy atom. The topological polar surface area (TPSA) is 51.6 Å². The average Bonchev–Trinajstić information content (AvgIpc) is 3.23. The number of halogens is 1. The molecule has 4 nitrogen and oxygen atoms in total. The molecule has 6 aromatic rings. The monoisotopic (exact) mass is 482 g/mol. The molecule has 1 aliphatic carbocycles. The fourth-order valence-electron chi connectivity index (χ4n) is 5.45. The van der Waals surface area contributed by atoms with Gasteiger partial charge in [0.25, 0.3) is 0 Å². The van der Waals surface area contributed by atoms with Crippen molar-refractivity contribution in [2.24, 2.45) is 0 Å². The second-order valence-electron chi connectivity index (χ2n) is 8.84. The second-order valence-corrected chi connectivity index (χ2v) is 9.28. The van der Waals surface area contributed by atoms with Gasteiger partial charge >= 0.3 is 0 Å². The Kier molecular flexibility index (Phi) is 4.69. The van der Waals surface area contributed by atoms with Gasteiger partial charge in [0.1, 0.15) is 16.6 Å². The number of nitrogens with zero attached hydrogens (tertiary/aromatic N) is 4. The molecule has 0 aliphatic heterocycles. The summed E-state index contributed by atoms with van der Waals surface area (Å²) in [6.45, 7) is 0. The van der Waals surface area contributed by atoms with E-state index in [1.54, 1.807) is 12.4 Å². The molecule has 0 bridgehead atoms. The first-order valence-corrected chi connectivity index (χ1v) is 12.1. The van der Waals surface area contributed by atoms with Crippen LogP contribution in [0, 0.1) is 0 Å². The zero-order valence-corrected chi connectivity index (χ0v) is 19.9. The van der Waals surface area contributed by atoms with E-state index in [2.05, 4.69) is 70.6 Å². The first kappa shape index (κ1) is 20.9. The Balaban J connectivity index is 1.67. The van der Waals surface area contributed by atoms with Crippen LogP contribution in [0.5, 0.6) is 0 Å². The molecule has 4 aromatic carbocycles. The SMILES string of the molecule is Clc1ccc2c(c1)C(c1ccccc1)(c1nc(-c3ccccc3)c3nccnc3n1)c1ccccc1-2. The van der Waals surface area contributed by atoms with Crippen LogP contribution in [0.25, 0.3) is 33.5 Å². The highest BCUT2D eigenvalue weighted by atomic mass is 35.5. The van der Waals surface area contributed by atoms with Gasteiger partial charge < -0.3 is 0 Å². The molecular weight excluding hydrogens is 464 g/mol. The molecule has 1 unspecified atom stereocenters. The van der Waals surface area contributed by atoms with Crippen LogP contribution >= 0.6 is 11.6 Å². The first-order valence-electron chi connectivity index (χ1n) is 11.8. The van der Waals surface area contributed by atoms with E-state index in [4.69, 9.17) is 21.6 Å². The third-order valence-corrected chi connectivity index (χ3v) is 7.16. The van der Waals surface area contributed by atoms with E-state index < -0.39 is 5.41 Å². The van der Waals surface area contributed by atoms with E-state index in [0.29, 0.717) is 22.0 Å². The van der Waals surface area contributed by atoms with Crippen LogP contribution < -0.4 is 0 Å². The summed E-state index contributed by atoms with van der Waals surface area (Å²) in [5.41, 5.74) is 7.71. The Morgan fingerprint density at radius 3 is 2.14 bits per heavy atom. The van der Waals surface area contributed by atoms with Crippen molar-refractivity contribution in [3.63, 3.8) is 0 Å². The molecule has 2 aromatic heterocycles. The van der Waals surface area contributed by atoms with Gasteiger partial charge in [-0.25, -0.2) is 19.9 Å². The third-order valence-electron chi connectivity index (χ3n) is 6.93. The molecule has 0 amide bonds. The molecule has 1 aliphatic rings. The number of benzene rings is 4. The zero-order chi connectivity index (χ0) is 24.1. The number of fused-ring (bicyclic) bond motifs is 4. The lowest BCUT2D eigenvalue weighted by Gasteiger charge is -2.32. The van der Waals surface area contributed by atoms with Crippen molar-refractivity contribution in [1.29, 1.82) is 0 Å². The second kappa shape index (κ2) is 8.08. The molecule has 1 atom stereocenters. The molecule has 5 heteroatoms. The van der Waals surface area contributed by atoms with E-state index in [1.165, 1.54) is 0 Å². The Labute approximate surface area is 213 Å². The molecule has 0 saturated carbocycles. The summed E-state index contributed by atoms with van der Waals surface area (Å²) < 4.78 is 0. The van der Waals surface area contributed by atoms with Crippen LogP contribution in [0.2, 0.25) is 5.02 Å². The molecule has 0 radical (unpaired) electrons. The maximum atomic E-state index is 6.63. The van der Waals surface area contributed by atoms with Gasteiger partial charge in [-0.15, -0.1) is 0 Å². The lowest BCUT2D eigenvalue weighted by Crippen LogP contribution is -2.31. The predicted molar refractivity (Wildman–Crippen MR) is 143 cm³/mol. The Hall–Kier alpha value is -4.41.